The summed E-state index contributed by atoms with van der Waals surface area (Å²) in [5.41, 5.74) is 0.526. The normalized spacial score (nSPS) is 14.5. The lowest BCUT2D eigenvalue weighted by Crippen LogP contribution is -2.50. The molecule has 1 aromatic carbocycles. The SMILES string of the molecule is Cn1nc(C(=O)N2CCN(C(=O)c3ccc(Cl)cc3)CC2)ccc1=O. The number of carbonyl (C=O) groups is 2. The molecule has 25 heavy (non-hydrogen) atoms. The summed E-state index contributed by atoms with van der Waals surface area (Å²) in [6.07, 6.45) is 0. The van der Waals surface area contributed by atoms with E-state index in [9.17, 15) is 14.4 Å². The van der Waals surface area contributed by atoms with Gasteiger partial charge in [-0.1, -0.05) is 11.6 Å². The van der Waals surface area contributed by atoms with Crippen molar-refractivity contribution in [2.45, 2.75) is 0 Å². The highest BCUT2D eigenvalue weighted by molar-refractivity contribution is 6.30. The maximum atomic E-state index is 12.5. The third-order valence-corrected chi connectivity index (χ3v) is 4.38. The molecule has 1 aliphatic heterocycles. The van der Waals surface area contributed by atoms with Crippen LogP contribution in [0.2, 0.25) is 5.02 Å². The first-order valence-electron chi connectivity index (χ1n) is 7.84. The minimum atomic E-state index is -0.269. The second kappa shape index (κ2) is 7.06. The predicted molar refractivity (Wildman–Crippen MR) is 92.7 cm³/mol. The Morgan fingerprint density at radius 3 is 2.04 bits per heavy atom. The zero-order valence-electron chi connectivity index (χ0n) is 13.7. The van der Waals surface area contributed by atoms with Crippen LogP contribution in [0.3, 0.4) is 0 Å². The molecule has 2 amide bonds. The molecule has 8 heteroatoms. The van der Waals surface area contributed by atoms with E-state index in [0.29, 0.717) is 36.8 Å². The van der Waals surface area contributed by atoms with Gasteiger partial charge in [0.05, 0.1) is 0 Å². The largest absolute Gasteiger partial charge is 0.335 e. The number of rotatable bonds is 2. The van der Waals surface area contributed by atoms with Gasteiger partial charge in [-0.25, -0.2) is 4.68 Å². The fraction of sp³-hybridized carbons (Fsp3) is 0.294. The van der Waals surface area contributed by atoms with Gasteiger partial charge in [0.25, 0.3) is 17.4 Å². The number of nitrogens with zero attached hydrogens (tertiary/aromatic N) is 4. The Morgan fingerprint density at radius 2 is 1.48 bits per heavy atom. The monoisotopic (exact) mass is 360 g/mol. The predicted octanol–water partition coefficient (Wildman–Crippen LogP) is 1.03. The van der Waals surface area contributed by atoms with E-state index in [1.807, 2.05) is 0 Å². The summed E-state index contributed by atoms with van der Waals surface area (Å²) in [6, 6.07) is 9.49. The summed E-state index contributed by atoms with van der Waals surface area (Å²) < 4.78 is 1.13. The molecule has 0 bridgehead atoms. The van der Waals surface area contributed by atoms with E-state index in [1.165, 1.54) is 19.2 Å². The molecule has 1 saturated heterocycles. The van der Waals surface area contributed by atoms with Crippen molar-refractivity contribution in [1.82, 2.24) is 19.6 Å². The average molecular weight is 361 g/mol. The smallest absolute Gasteiger partial charge is 0.274 e. The first-order chi connectivity index (χ1) is 12.0. The standard InChI is InChI=1S/C17H17ClN4O3/c1-20-15(23)7-6-14(19-20)17(25)22-10-8-21(9-11-22)16(24)12-2-4-13(18)5-3-12/h2-7H,8-11H2,1H3. The van der Waals surface area contributed by atoms with E-state index >= 15 is 0 Å². The molecular formula is C17H17ClN4O3. The van der Waals surface area contributed by atoms with Crippen molar-refractivity contribution in [3.63, 3.8) is 0 Å². The van der Waals surface area contributed by atoms with Crippen molar-refractivity contribution >= 4 is 23.4 Å². The fourth-order valence-corrected chi connectivity index (χ4v) is 2.79. The van der Waals surface area contributed by atoms with Crippen LogP contribution in [0.25, 0.3) is 0 Å². The first-order valence-corrected chi connectivity index (χ1v) is 8.22. The Labute approximate surface area is 149 Å². The maximum Gasteiger partial charge on any atom is 0.274 e. The third-order valence-electron chi connectivity index (χ3n) is 4.12. The Balaban J connectivity index is 1.64. The second-order valence-corrected chi connectivity index (χ2v) is 6.21. The molecule has 1 aromatic heterocycles. The van der Waals surface area contributed by atoms with Crippen LogP contribution in [-0.2, 0) is 7.05 Å². The Morgan fingerprint density at radius 1 is 0.920 bits per heavy atom. The van der Waals surface area contributed by atoms with Gasteiger partial charge in [0.2, 0.25) is 0 Å². The third kappa shape index (κ3) is 3.71. The summed E-state index contributed by atoms with van der Waals surface area (Å²) in [5.74, 6) is -0.321. The molecule has 0 N–H and O–H groups in total. The molecule has 1 fully saturated rings. The van der Waals surface area contributed by atoms with Crippen molar-refractivity contribution in [1.29, 1.82) is 0 Å². The van der Waals surface area contributed by atoms with Crippen LogP contribution in [0.15, 0.2) is 41.2 Å². The van der Waals surface area contributed by atoms with Crippen LogP contribution in [0.1, 0.15) is 20.8 Å². The fourth-order valence-electron chi connectivity index (χ4n) is 2.67. The number of piperazine rings is 1. The number of aryl methyl sites for hydroxylation is 1. The molecular weight excluding hydrogens is 344 g/mol. The maximum absolute atomic E-state index is 12.5. The number of hydrogen-bond acceptors (Lipinski definition) is 4. The number of benzene rings is 1. The second-order valence-electron chi connectivity index (χ2n) is 5.77. The van der Waals surface area contributed by atoms with E-state index in [4.69, 9.17) is 11.6 Å². The molecule has 0 spiro atoms. The molecule has 3 rings (SSSR count). The highest BCUT2D eigenvalue weighted by Gasteiger charge is 2.26. The molecule has 2 aromatic rings. The molecule has 0 atom stereocenters. The molecule has 1 aliphatic rings. The molecule has 2 heterocycles. The van der Waals surface area contributed by atoms with Gasteiger partial charge >= 0.3 is 0 Å². The minimum Gasteiger partial charge on any atom is -0.335 e. The summed E-state index contributed by atoms with van der Waals surface area (Å²) in [5, 5.41) is 4.56. The summed E-state index contributed by atoms with van der Waals surface area (Å²) >= 11 is 5.84. The zero-order valence-corrected chi connectivity index (χ0v) is 14.4. The van der Waals surface area contributed by atoms with Crippen molar-refractivity contribution in [3.05, 3.63) is 63.0 Å². The van der Waals surface area contributed by atoms with Crippen LogP contribution in [-0.4, -0.2) is 57.6 Å². The van der Waals surface area contributed by atoms with Gasteiger partial charge in [0.15, 0.2) is 0 Å². The molecule has 7 nitrogen and oxygen atoms in total. The van der Waals surface area contributed by atoms with Gasteiger partial charge < -0.3 is 9.80 Å². The zero-order chi connectivity index (χ0) is 18.0. The molecule has 130 valence electrons. The van der Waals surface area contributed by atoms with Gasteiger partial charge in [-0.15, -0.1) is 0 Å². The topological polar surface area (TPSA) is 75.5 Å². The number of aromatic nitrogens is 2. The minimum absolute atomic E-state index is 0.0796. The highest BCUT2D eigenvalue weighted by Crippen LogP contribution is 2.14. The Bertz CT molecular complexity index is 855. The molecule has 0 unspecified atom stereocenters. The quantitative estimate of drug-likeness (QED) is 0.801. The summed E-state index contributed by atoms with van der Waals surface area (Å²) in [4.78, 5) is 39.7. The van der Waals surface area contributed by atoms with Gasteiger partial charge in [0, 0.05) is 49.9 Å². The highest BCUT2D eigenvalue weighted by atomic mass is 35.5. The van der Waals surface area contributed by atoms with E-state index in [-0.39, 0.29) is 23.1 Å². The van der Waals surface area contributed by atoms with Crippen LogP contribution < -0.4 is 5.56 Å². The summed E-state index contributed by atoms with van der Waals surface area (Å²) in [7, 11) is 1.50. The van der Waals surface area contributed by atoms with Crippen LogP contribution in [0.5, 0.6) is 0 Å². The Kier molecular flexibility index (Phi) is 4.85. The Hall–Kier alpha value is -2.67. The van der Waals surface area contributed by atoms with E-state index < -0.39 is 0 Å². The number of hydrogen-bond donors (Lipinski definition) is 0. The lowest BCUT2D eigenvalue weighted by Gasteiger charge is -2.34. The van der Waals surface area contributed by atoms with E-state index in [0.717, 1.165) is 4.68 Å². The van der Waals surface area contributed by atoms with Crippen molar-refractivity contribution < 1.29 is 9.59 Å². The number of halogens is 1. The molecule has 0 saturated carbocycles. The average Bonchev–Trinajstić information content (AvgIpc) is 2.63. The van der Waals surface area contributed by atoms with Crippen molar-refractivity contribution in [2.75, 3.05) is 26.2 Å². The van der Waals surface area contributed by atoms with Crippen molar-refractivity contribution in [3.8, 4) is 0 Å². The van der Waals surface area contributed by atoms with Gasteiger partial charge in [-0.05, 0) is 30.3 Å². The van der Waals surface area contributed by atoms with Gasteiger partial charge in [-0.2, -0.15) is 5.10 Å². The molecule has 0 aliphatic carbocycles. The van der Waals surface area contributed by atoms with Crippen molar-refractivity contribution in [2.24, 2.45) is 7.05 Å². The lowest BCUT2D eigenvalue weighted by atomic mass is 10.2. The summed E-state index contributed by atoms with van der Waals surface area (Å²) in [6.45, 7) is 1.73. The van der Waals surface area contributed by atoms with Crippen LogP contribution >= 0.6 is 11.6 Å². The van der Waals surface area contributed by atoms with Crippen LogP contribution in [0, 0.1) is 0 Å². The number of amides is 2. The van der Waals surface area contributed by atoms with Gasteiger partial charge in [-0.3, -0.25) is 14.4 Å². The van der Waals surface area contributed by atoms with Gasteiger partial charge in [0.1, 0.15) is 5.69 Å². The van der Waals surface area contributed by atoms with E-state index in [2.05, 4.69) is 5.10 Å². The van der Waals surface area contributed by atoms with Crippen LogP contribution in [0.4, 0.5) is 0 Å². The van der Waals surface area contributed by atoms with E-state index in [1.54, 1.807) is 34.1 Å². The first kappa shape index (κ1) is 17.2. The number of carbonyl (C=O) groups excluding carboxylic acids is 2. The lowest BCUT2D eigenvalue weighted by molar-refractivity contribution is 0.0531. The molecule has 0 radical (unpaired) electrons.